The van der Waals surface area contributed by atoms with E-state index in [2.05, 4.69) is 4.84 Å². The minimum atomic E-state index is 0.218. The Morgan fingerprint density at radius 3 is 2.25 bits per heavy atom. The molecule has 0 heterocycles. The van der Waals surface area contributed by atoms with Crippen LogP contribution >= 0.6 is 34.8 Å². The lowest BCUT2D eigenvalue weighted by molar-refractivity contribution is 0.124. The molecule has 0 atom stereocenters. The molecule has 0 amide bonds. The SMILES string of the molecule is NOCc1cc(Cl)c(Cl)cc1Cl. The van der Waals surface area contributed by atoms with E-state index >= 15 is 0 Å². The third-order valence-corrected chi connectivity index (χ3v) is 2.40. The van der Waals surface area contributed by atoms with Gasteiger partial charge in [-0.25, -0.2) is 5.90 Å². The van der Waals surface area contributed by atoms with Crippen molar-refractivity contribution in [2.75, 3.05) is 0 Å². The number of hydrogen-bond acceptors (Lipinski definition) is 2. The fraction of sp³-hybridized carbons (Fsp3) is 0.143. The molecule has 0 spiro atoms. The maximum Gasteiger partial charge on any atom is 0.0944 e. The van der Waals surface area contributed by atoms with Crippen molar-refractivity contribution >= 4 is 34.8 Å². The topological polar surface area (TPSA) is 35.2 Å². The Labute approximate surface area is 85.1 Å². The predicted octanol–water partition coefficient (Wildman–Crippen LogP) is 3.04. The summed E-state index contributed by atoms with van der Waals surface area (Å²) in [6, 6.07) is 3.18. The van der Waals surface area contributed by atoms with Gasteiger partial charge in [0, 0.05) is 5.02 Å². The first-order valence-electron chi connectivity index (χ1n) is 3.10. The fourth-order valence-electron chi connectivity index (χ4n) is 0.764. The molecule has 0 bridgehead atoms. The van der Waals surface area contributed by atoms with E-state index in [9.17, 15) is 0 Å². The molecule has 0 aliphatic rings. The lowest BCUT2D eigenvalue weighted by Gasteiger charge is -2.03. The third kappa shape index (κ3) is 2.25. The Kier molecular flexibility index (Phi) is 3.62. The Morgan fingerprint density at radius 2 is 1.67 bits per heavy atom. The number of halogens is 3. The van der Waals surface area contributed by atoms with Crippen LogP contribution in [0.1, 0.15) is 5.56 Å². The van der Waals surface area contributed by atoms with E-state index in [1.807, 2.05) is 0 Å². The number of hydrogen-bond donors (Lipinski definition) is 1. The standard InChI is InChI=1S/C7H6Cl3NO/c8-5-2-7(10)6(9)1-4(5)3-12-11/h1-2H,3,11H2. The van der Waals surface area contributed by atoms with Crippen LogP contribution in [0.15, 0.2) is 12.1 Å². The van der Waals surface area contributed by atoms with Crippen molar-refractivity contribution in [1.82, 2.24) is 0 Å². The van der Waals surface area contributed by atoms with Crippen molar-refractivity contribution < 1.29 is 4.84 Å². The molecule has 0 aliphatic heterocycles. The van der Waals surface area contributed by atoms with Crippen LogP contribution in [-0.2, 0) is 11.4 Å². The highest BCUT2D eigenvalue weighted by Gasteiger charge is 2.05. The summed E-state index contributed by atoms with van der Waals surface area (Å²) in [6.45, 7) is 0.218. The number of rotatable bonds is 2. The highest BCUT2D eigenvalue weighted by molar-refractivity contribution is 6.43. The zero-order valence-electron chi connectivity index (χ0n) is 5.98. The van der Waals surface area contributed by atoms with Crippen molar-refractivity contribution in [3.8, 4) is 0 Å². The monoisotopic (exact) mass is 225 g/mol. The largest absolute Gasteiger partial charge is 0.300 e. The van der Waals surface area contributed by atoms with Crippen molar-refractivity contribution in [2.45, 2.75) is 6.61 Å². The third-order valence-electron chi connectivity index (χ3n) is 1.33. The molecule has 2 N–H and O–H groups in total. The van der Waals surface area contributed by atoms with Crippen molar-refractivity contribution in [2.24, 2.45) is 5.90 Å². The minimum Gasteiger partial charge on any atom is -0.300 e. The molecule has 0 saturated carbocycles. The van der Waals surface area contributed by atoms with Gasteiger partial charge in [0.15, 0.2) is 0 Å². The predicted molar refractivity (Wildman–Crippen MR) is 50.4 cm³/mol. The zero-order valence-corrected chi connectivity index (χ0v) is 8.25. The molecule has 0 aromatic heterocycles. The van der Waals surface area contributed by atoms with E-state index in [0.717, 1.165) is 0 Å². The number of nitrogens with two attached hydrogens (primary N) is 1. The molecule has 12 heavy (non-hydrogen) atoms. The average Bonchev–Trinajstić information content (AvgIpc) is 2.01. The van der Waals surface area contributed by atoms with E-state index < -0.39 is 0 Å². The summed E-state index contributed by atoms with van der Waals surface area (Å²) in [5, 5.41) is 1.35. The summed E-state index contributed by atoms with van der Waals surface area (Å²) >= 11 is 17.2. The van der Waals surface area contributed by atoms with Crippen LogP contribution in [0.4, 0.5) is 0 Å². The Morgan fingerprint density at radius 1 is 1.08 bits per heavy atom. The van der Waals surface area contributed by atoms with Crippen molar-refractivity contribution in [1.29, 1.82) is 0 Å². The maximum absolute atomic E-state index is 5.80. The van der Waals surface area contributed by atoms with Crippen LogP contribution in [-0.4, -0.2) is 0 Å². The summed E-state index contributed by atoms with van der Waals surface area (Å²) < 4.78 is 0. The first kappa shape index (κ1) is 10.1. The first-order chi connectivity index (χ1) is 5.65. The molecule has 0 radical (unpaired) electrons. The average molecular weight is 226 g/mol. The van der Waals surface area contributed by atoms with Crippen LogP contribution in [0.5, 0.6) is 0 Å². The van der Waals surface area contributed by atoms with Crippen LogP contribution in [0.25, 0.3) is 0 Å². The Hall–Kier alpha value is 0.01000. The first-order valence-corrected chi connectivity index (χ1v) is 4.23. The van der Waals surface area contributed by atoms with Crippen molar-refractivity contribution in [3.63, 3.8) is 0 Å². The second-order valence-corrected chi connectivity index (χ2v) is 3.39. The van der Waals surface area contributed by atoms with Gasteiger partial charge in [-0.1, -0.05) is 34.8 Å². The molecule has 0 saturated heterocycles. The molecule has 66 valence electrons. The van der Waals surface area contributed by atoms with Gasteiger partial charge in [-0.05, 0) is 17.7 Å². The van der Waals surface area contributed by atoms with Crippen LogP contribution in [0.2, 0.25) is 15.1 Å². The molecular formula is C7H6Cl3NO. The van der Waals surface area contributed by atoms with E-state index in [0.29, 0.717) is 20.6 Å². The summed E-state index contributed by atoms with van der Waals surface area (Å²) in [5.74, 6) is 4.88. The van der Waals surface area contributed by atoms with Crippen LogP contribution < -0.4 is 5.90 Å². The molecule has 0 aliphatic carbocycles. The quantitative estimate of drug-likeness (QED) is 0.621. The highest BCUT2D eigenvalue weighted by Crippen LogP contribution is 2.28. The zero-order chi connectivity index (χ0) is 9.14. The lowest BCUT2D eigenvalue weighted by atomic mass is 10.2. The van der Waals surface area contributed by atoms with Crippen LogP contribution in [0.3, 0.4) is 0 Å². The summed E-state index contributed by atoms with van der Waals surface area (Å²) in [6.07, 6.45) is 0. The van der Waals surface area contributed by atoms with Crippen LogP contribution in [0, 0.1) is 0 Å². The van der Waals surface area contributed by atoms with Crippen molar-refractivity contribution in [3.05, 3.63) is 32.8 Å². The molecule has 1 rings (SSSR count). The molecule has 5 heteroatoms. The minimum absolute atomic E-state index is 0.218. The van der Waals surface area contributed by atoms with E-state index in [-0.39, 0.29) is 6.61 Å². The molecule has 2 nitrogen and oxygen atoms in total. The van der Waals surface area contributed by atoms with Gasteiger partial charge >= 0.3 is 0 Å². The summed E-state index contributed by atoms with van der Waals surface area (Å²) in [4.78, 5) is 4.42. The van der Waals surface area contributed by atoms with Gasteiger partial charge in [0.2, 0.25) is 0 Å². The summed E-state index contributed by atoms with van der Waals surface area (Å²) in [7, 11) is 0. The molecule has 1 aromatic carbocycles. The van der Waals surface area contributed by atoms with Gasteiger partial charge < -0.3 is 0 Å². The van der Waals surface area contributed by atoms with Gasteiger partial charge in [0.1, 0.15) is 0 Å². The van der Waals surface area contributed by atoms with E-state index in [4.69, 9.17) is 40.7 Å². The second kappa shape index (κ2) is 4.30. The maximum atomic E-state index is 5.80. The van der Waals surface area contributed by atoms with Gasteiger partial charge in [0.25, 0.3) is 0 Å². The molecular weight excluding hydrogens is 220 g/mol. The summed E-state index contributed by atoms with van der Waals surface area (Å²) in [5.41, 5.74) is 0.716. The van der Waals surface area contributed by atoms with Gasteiger partial charge in [0.05, 0.1) is 16.7 Å². The molecule has 0 unspecified atom stereocenters. The van der Waals surface area contributed by atoms with E-state index in [1.54, 1.807) is 12.1 Å². The molecule has 0 fully saturated rings. The Balaban J connectivity index is 3.05. The fourth-order valence-corrected chi connectivity index (χ4v) is 1.39. The highest BCUT2D eigenvalue weighted by atomic mass is 35.5. The van der Waals surface area contributed by atoms with Gasteiger partial charge in [-0.15, -0.1) is 0 Å². The second-order valence-electron chi connectivity index (χ2n) is 2.17. The van der Waals surface area contributed by atoms with Gasteiger partial charge in [-0.3, -0.25) is 4.84 Å². The van der Waals surface area contributed by atoms with E-state index in [1.165, 1.54) is 0 Å². The Bertz CT molecular complexity index is 290. The van der Waals surface area contributed by atoms with Gasteiger partial charge in [-0.2, -0.15) is 0 Å². The number of benzene rings is 1. The lowest BCUT2D eigenvalue weighted by Crippen LogP contribution is -1.99. The smallest absolute Gasteiger partial charge is 0.0944 e. The normalized spacial score (nSPS) is 10.3. The molecule has 1 aromatic rings.